The highest BCUT2D eigenvalue weighted by atomic mass is 79.9. The number of rotatable bonds is 5. The number of hydrogen-bond donors (Lipinski definition) is 0. The lowest BCUT2D eigenvalue weighted by Gasteiger charge is -2.31. The van der Waals surface area contributed by atoms with Crippen molar-refractivity contribution in [2.45, 2.75) is 38.9 Å². The molecule has 1 aliphatic rings. The third kappa shape index (κ3) is 2.93. The molecule has 0 radical (unpaired) electrons. The molecule has 1 atom stereocenters. The molecule has 0 bridgehead atoms. The SMILES string of the molecule is CCCC(CCBr)C1(C)OCCO1. The van der Waals surface area contributed by atoms with Crippen LogP contribution in [0.4, 0.5) is 0 Å². The summed E-state index contributed by atoms with van der Waals surface area (Å²) < 4.78 is 11.3. The maximum absolute atomic E-state index is 5.66. The summed E-state index contributed by atoms with van der Waals surface area (Å²) in [5.41, 5.74) is 0. The van der Waals surface area contributed by atoms with E-state index in [1.807, 2.05) is 0 Å². The van der Waals surface area contributed by atoms with E-state index in [9.17, 15) is 0 Å². The fraction of sp³-hybridized carbons (Fsp3) is 1.00. The van der Waals surface area contributed by atoms with Gasteiger partial charge in [0, 0.05) is 11.2 Å². The van der Waals surface area contributed by atoms with Gasteiger partial charge in [-0.25, -0.2) is 0 Å². The number of ether oxygens (including phenoxy) is 2. The van der Waals surface area contributed by atoms with Crippen LogP contribution in [0.15, 0.2) is 0 Å². The maximum Gasteiger partial charge on any atom is 0.168 e. The van der Waals surface area contributed by atoms with Gasteiger partial charge in [0.1, 0.15) is 0 Å². The first-order valence-electron chi connectivity index (χ1n) is 5.07. The van der Waals surface area contributed by atoms with Crippen molar-refractivity contribution in [3.8, 4) is 0 Å². The molecule has 1 unspecified atom stereocenters. The monoisotopic (exact) mass is 250 g/mol. The van der Waals surface area contributed by atoms with Crippen LogP contribution in [0.5, 0.6) is 0 Å². The Labute approximate surface area is 89.1 Å². The molecule has 0 N–H and O–H groups in total. The quantitative estimate of drug-likeness (QED) is 0.699. The van der Waals surface area contributed by atoms with E-state index >= 15 is 0 Å². The van der Waals surface area contributed by atoms with Gasteiger partial charge in [-0.3, -0.25) is 0 Å². The minimum Gasteiger partial charge on any atom is -0.348 e. The molecular weight excluding hydrogens is 232 g/mol. The van der Waals surface area contributed by atoms with E-state index < -0.39 is 0 Å². The summed E-state index contributed by atoms with van der Waals surface area (Å²) in [6.45, 7) is 5.78. The van der Waals surface area contributed by atoms with E-state index in [4.69, 9.17) is 9.47 Å². The van der Waals surface area contributed by atoms with Crippen molar-refractivity contribution in [3.05, 3.63) is 0 Å². The molecule has 0 saturated carbocycles. The zero-order chi connectivity index (χ0) is 9.73. The summed E-state index contributed by atoms with van der Waals surface area (Å²) in [6.07, 6.45) is 3.51. The van der Waals surface area contributed by atoms with Gasteiger partial charge in [0.05, 0.1) is 13.2 Å². The molecule has 0 aromatic carbocycles. The molecule has 1 aliphatic heterocycles. The molecule has 1 saturated heterocycles. The standard InChI is InChI=1S/C10H19BrO2/c1-3-4-9(5-6-11)10(2)12-7-8-13-10/h9H,3-8H2,1-2H3. The van der Waals surface area contributed by atoms with Crippen molar-refractivity contribution >= 4 is 15.9 Å². The van der Waals surface area contributed by atoms with Gasteiger partial charge in [-0.15, -0.1) is 0 Å². The van der Waals surface area contributed by atoms with Crippen LogP contribution in [-0.4, -0.2) is 24.3 Å². The highest BCUT2D eigenvalue weighted by molar-refractivity contribution is 9.09. The number of alkyl halides is 1. The molecule has 0 spiro atoms. The second-order valence-electron chi connectivity index (χ2n) is 3.68. The summed E-state index contributed by atoms with van der Waals surface area (Å²) in [5.74, 6) is 0.212. The third-order valence-electron chi connectivity index (χ3n) is 2.70. The lowest BCUT2D eigenvalue weighted by atomic mass is 9.92. The molecule has 0 aliphatic carbocycles. The van der Waals surface area contributed by atoms with Crippen LogP contribution in [0.3, 0.4) is 0 Å². The Morgan fingerprint density at radius 3 is 2.38 bits per heavy atom. The molecule has 0 aromatic heterocycles. The predicted octanol–water partition coefficient (Wildman–Crippen LogP) is 2.95. The van der Waals surface area contributed by atoms with Gasteiger partial charge >= 0.3 is 0 Å². The fourth-order valence-corrected chi connectivity index (χ4v) is 2.47. The summed E-state index contributed by atoms with van der Waals surface area (Å²) >= 11 is 3.48. The first kappa shape index (κ1) is 11.5. The first-order valence-corrected chi connectivity index (χ1v) is 6.19. The van der Waals surface area contributed by atoms with Crippen LogP contribution in [0.25, 0.3) is 0 Å². The molecule has 0 amide bonds. The first-order chi connectivity index (χ1) is 6.23. The summed E-state index contributed by atoms with van der Waals surface area (Å²) in [7, 11) is 0. The molecule has 1 fully saturated rings. The molecule has 78 valence electrons. The van der Waals surface area contributed by atoms with Gasteiger partial charge in [0.15, 0.2) is 5.79 Å². The van der Waals surface area contributed by atoms with Gasteiger partial charge in [-0.2, -0.15) is 0 Å². The molecule has 13 heavy (non-hydrogen) atoms. The highest BCUT2D eigenvalue weighted by Gasteiger charge is 2.38. The Morgan fingerprint density at radius 2 is 1.92 bits per heavy atom. The van der Waals surface area contributed by atoms with Crippen molar-refractivity contribution in [2.24, 2.45) is 5.92 Å². The van der Waals surface area contributed by atoms with Gasteiger partial charge in [0.25, 0.3) is 0 Å². The number of hydrogen-bond acceptors (Lipinski definition) is 2. The normalized spacial score (nSPS) is 23.3. The van der Waals surface area contributed by atoms with Crippen LogP contribution in [0.1, 0.15) is 33.1 Å². The Hall–Kier alpha value is 0.400. The van der Waals surface area contributed by atoms with Crippen molar-refractivity contribution in [3.63, 3.8) is 0 Å². The molecule has 3 heteroatoms. The van der Waals surface area contributed by atoms with Crippen LogP contribution in [0, 0.1) is 5.92 Å². The molecule has 0 aromatic rings. The van der Waals surface area contributed by atoms with Crippen molar-refractivity contribution in [2.75, 3.05) is 18.5 Å². The van der Waals surface area contributed by atoms with E-state index in [0.717, 1.165) is 25.0 Å². The average molecular weight is 251 g/mol. The predicted molar refractivity (Wildman–Crippen MR) is 57.1 cm³/mol. The zero-order valence-corrected chi connectivity index (χ0v) is 10.1. The molecular formula is C10H19BrO2. The largest absolute Gasteiger partial charge is 0.348 e. The molecule has 1 rings (SSSR count). The van der Waals surface area contributed by atoms with Crippen LogP contribution < -0.4 is 0 Å². The third-order valence-corrected chi connectivity index (χ3v) is 3.15. The van der Waals surface area contributed by atoms with Crippen LogP contribution >= 0.6 is 15.9 Å². The Bertz CT molecular complexity index is 138. The summed E-state index contributed by atoms with van der Waals surface area (Å²) in [6, 6.07) is 0. The van der Waals surface area contributed by atoms with E-state index in [1.54, 1.807) is 0 Å². The second-order valence-corrected chi connectivity index (χ2v) is 4.47. The summed E-state index contributed by atoms with van der Waals surface area (Å²) in [5, 5.41) is 1.03. The molecule has 1 heterocycles. The second kappa shape index (κ2) is 5.32. The summed E-state index contributed by atoms with van der Waals surface area (Å²) in [4.78, 5) is 0. The van der Waals surface area contributed by atoms with Crippen molar-refractivity contribution in [1.29, 1.82) is 0 Å². The van der Waals surface area contributed by atoms with Crippen molar-refractivity contribution < 1.29 is 9.47 Å². The van der Waals surface area contributed by atoms with E-state index in [-0.39, 0.29) is 5.79 Å². The van der Waals surface area contributed by atoms with Gasteiger partial charge in [-0.1, -0.05) is 29.3 Å². The smallest absolute Gasteiger partial charge is 0.168 e. The van der Waals surface area contributed by atoms with Crippen molar-refractivity contribution in [1.82, 2.24) is 0 Å². The Morgan fingerprint density at radius 1 is 1.31 bits per heavy atom. The maximum atomic E-state index is 5.66. The van der Waals surface area contributed by atoms with E-state index in [0.29, 0.717) is 5.92 Å². The van der Waals surface area contributed by atoms with E-state index in [2.05, 4.69) is 29.8 Å². The Balaban J connectivity index is 2.50. The zero-order valence-electron chi connectivity index (χ0n) is 8.51. The lowest BCUT2D eigenvalue weighted by molar-refractivity contribution is -0.183. The minimum absolute atomic E-state index is 0.316. The van der Waals surface area contributed by atoms with Gasteiger partial charge in [0.2, 0.25) is 0 Å². The fourth-order valence-electron chi connectivity index (χ4n) is 1.91. The van der Waals surface area contributed by atoms with Crippen LogP contribution in [0.2, 0.25) is 0 Å². The highest BCUT2D eigenvalue weighted by Crippen LogP contribution is 2.33. The van der Waals surface area contributed by atoms with Gasteiger partial charge in [-0.05, 0) is 19.8 Å². The average Bonchev–Trinajstić information content (AvgIpc) is 2.53. The van der Waals surface area contributed by atoms with E-state index in [1.165, 1.54) is 12.8 Å². The lowest BCUT2D eigenvalue weighted by Crippen LogP contribution is -2.36. The number of halogens is 1. The van der Waals surface area contributed by atoms with Gasteiger partial charge < -0.3 is 9.47 Å². The topological polar surface area (TPSA) is 18.5 Å². The Kier molecular flexibility index (Phi) is 4.70. The van der Waals surface area contributed by atoms with Crippen LogP contribution in [-0.2, 0) is 9.47 Å². The minimum atomic E-state index is -0.316. The molecule has 2 nitrogen and oxygen atoms in total.